The molecule has 0 atom stereocenters. The van der Waals surface area contributed by atoms with Crippen molar-refractivity contribution in [3.63, 3.8) is 0 Å². The van der Waals surface area contributed by atoms with Crippen molar-refractivity contribution >= 4 is 34.7 Å². The monoisotopic (exact) mass is 452 g/mol. The molecule has 2 aromatic heterocycles. The highest BCUT2D eigenvalue weighted by atomic mass is 32.1. The minimum atomic E-state index is -0.320. The van der Waals surface area contributed by atoms with E-state index in [0.717, 1.165) is 35.8 Å². The van der Waals surface area contributed by atoms with Crippen LogP contribution in [0.3, 0.4) is 0 Å². The van der Waals surface area contributed by atoms with E-state index in [1.54, 1.807) is 11.1 Å². The highest BCUT2D eigenvalue weighted by molar-refractivity contribution is 7.13. The van der Waals surface area contributed by atoms with Crippen molar-refractivity contribution in [3.8, 4) is 0 Å². The van der Waals surface area contributed by atoms with E-state index < -0.39 is 0 Å². The average molecular weight is 453 g/mol. The number of rotatable bonds is 7. The van der Waals surface area contributed by atoms with Crippen LogP contribution in [0, 0.1) is 6.92 Å². The lowest BCUT2D eigenvalue weighted by Gasteiger charge is -2.35. The van der Waals surface area contributed by atoms with Gasteiger partial charge in [-0.05, 0) is 31.2 Å². The molecule has 32 heavy (non-hydrogen) atoms. The fraction of sp³-hybridized carbons (Fsp3) is 0.318. The number of anilines is 2. The van der Waals surface area contributed by atoms with Crippen LogP contribution in [0.5, 0.6) is 0 Å². The average Bonchev–Trinajstić information content (AvgIpc) is 3.30. The molecule has 3 aromatic rings. The van der Waals surface area contributed by atoms with Crippen LogP contribution in [0.2, 0.25) is 0 Å². The summed E-state index contributed by atoms with van der Waals surface area (Å²) in [7, 11) is 0. The summed E-state index contributed by atoms with van der Waals surface area (Å²) in [4.78, 5) is 33.1. The van der Waals surface area contributed by atoms with Crippen molar-refractivity contribution in [1.82, 2.24) is 20.1 Å². The molecular weight excluding hydrogens is 428 g/mol. The number of nitrogens with zero attached hydrogens (tertiary/aromatic N) is 5. The molecule has 0 radical (unpaired) electrons. The van der Waals surface area contributed by atoms with Gasteiger partial charge in [-0.1, -0.05) is 35.1 Å². The zero-order valence-electron chi connectivity index (χ0n) is 17.7. The lowest BCUT2D eigenvalue weighted by atomic mass is 10.2. The number of ether oxygens (including phenoxy) is 1. The minimum Gasteiger partial charge on any atom is -0.364 e. The van der Waals surface area contributed by atoms with Gasteiger partial charge in [-0.2, -0.15) is 0 Å². The molecule has 0 unspecified atom stereocenters. The molecule has 1 aliphatic heterocycles. The van der Waals surface area contributed by atoms with Crippen LogP contribution in [0.1, 0.15) is 20.4 Å². The highest BCUT2D eigenvalue weighted by Crippen LogP contribution is 2.16. The number of pyridine rings is 1. The molecule has 2 amide bonds. The number of piperazine rings is 1. The first-order valence-electron chi connectivity index (χ1n) is 10.3. The number of hydrogen-bond donors (Lipinski definition) is 1. The molecule has 0 aliphatic carbocycles. The number of carbonyl (C=O) groups is 2. The maximum absolute atomic E-state index is 12.4. The predicted octanol–water partition coefficient (Wildman–Crippen LogP) is 2.36. The Kier molecular flexibility index (Phi) is 7.03. The summed E-state index contributed by atoms with van der Waals surface area (Å²) in [5.41, 5.74) is 1.81. The molecule has 1 aliphatic rings. The van der Waals surface area contributed by atoms with Crippen LogP contribution in [0.4, 0.5) is 11.5 Å². The van der Waals surface area contributed by atoms with Gasteiger partial charge in [0.2, 0.25) is 10.9 Å². The van der Waals surface area contributed by atoms with E-state index in [0.29, 0.717) is 23.8 Å². The van der Waals surface area contributed by atoms with Crippen molar-refractivity contribution in [2.75, 3.05) is 43.0 Å². The number of hydrogen-bond acceptors (Lipinski definition) is 8. The zero-order valence-corrected chi connectivity index (χ0v) is 18.5. The molecule has 0 spiro atoms. The van der Waals surface area contributed by atoms with E-state index in [9.17, 15) is 9.59 Å². The predicted molar refractivity (Wildman–Crippen MR) is 122 cm³/mol. The highest BCUT2D eigenvalue weighted by Gasteiger charge is 2.22. The van der Waals surface area contributed by atoms with Gasteiger partial charge < -0.3 is 19.9 Å². The minimum absolute atomic E-state index is 0.0337. The number of amides is 2. The second-order valence-corrected chi connectivity index (χ2v) is 8.43. The maximum atomic E-state index is 12.4. The van der Waals surface area contributed by atoms with Gasteiger partial charge in [0.05, 0.1) is 0 Å². The standard InChI is InChI=1S/C22H24N6O3S/c1-16-5-7-17(8-6-16)24-21(30)22-26-25-19(32-22)14-31-15-20(29)28-12-10-27(11-13-28)18-4-2-3-9-23-18/h2-9H,10-15H2,1H3,(H,24,30). The Morgan fingerprint density at radius 3 is 2.56 bits per heavy atom. The first kappa shape index (κ1) is 21.8. The van der Waals surface area contributed by atoms with Crippen LogP contribution < -0.4 is 10.2 Å². The smallest absolute Gasteiger partial charge is 0.286 e. The second kappa shape index (κ2) is 10.3. The summed E-state index contributed by atoms with van der Waals surface area (Å²) in [6, 6.07) is 13.3. The SMILES string of the molecule is Cc1ccc(NC(=O)c2nnc(COCC(=O)N3CCN(c4ccccn4)CC3)s2)cc1. The first-order valence-corrected chi connectivity index (χ1v) is 11.1. The molecular formula is C22H24N6O3S. The van der Waals surface area contributed by atoms with Crippen LogP contribution in [0.25, 0.3) is 0 Å². The number of nitrogens with one attached hydrogen (secondary N) is 1. The third-order valence-corrected chi connectivity index (χ3v) is 5.92. The van der Waals surface area contributed by atoms with Gasteiger partial charge in [0.15, 0.2) is 0 Å². The van der Waals surface area contributed by atoms with Crippen molar-refractivity contribution < 1.29 is 14.3 Å². The summed E-state index contributed by atoms with van der Waals surface area (Å²) in [6.45, 7) is 4.80. The fourth-order valence-corrected chi connectivity index (χ4v) is 3.94. The Hall–Kier alpha value is -3.37. The fourth-order valence-electron chi connectivity index (χ4n) is 3.27. The van der Waals surface area contributed by atoms with Gasteiger partial charge in [0.25, 0.3) is 5.91 Å². The van der Waals surface area contributed by atoms with E-state index in [2.05, 4.69) is 25.4 Å². The molecule has 9 nitrogen and oxygen atoms in total. The lowest BCUT2D eigenvalue weighted by Crippen LogP contribution is -2.50. The van der Waals surface area contributed by atoms with Gasteiger partial charge in [-0.15, -0.1) is 10.2 Å². The quantitative estimate of drug-likeness (QED) is 0.587. The lowest BCUT2D eigenvalue weighted by molar-refractivity contribution is -0.136. The number of carbonyl (C=O) groups excluding carboxylic acids is 2. The van der Waals surface area contributed by atoms with Crippen LogP contribution in [-0.4, -0.2) is 64.7 Å². The van der Waals surface area contributed by atoms with Gasteiger partial charge in [0, 0.05) is 38.1 Å². The van der Waals surface area contributed by atoms with E-state index in [1.165, 1.54) is 0 Å². The number of benzene rings is 1. The Bertz CT molecular complexity index is 1050. The number of aryl methyl sites for hydroxylation is 1. The van der Waals surface area contributed by atoms with Gasteiger partial charge in [-0.3, -0.25) is 9.59 Å². The van der Waals surface area contributed by atoms with E-state index >= 15 is 0 Å². The Labute approximate surface area is 190 Å². The van der Waals surface area contributed by atoms with Gasteiger partial charge in [0.1, 0.15) is 24.0 Å². The Balaban J connectivity index is 1.19. The summed E-state index contributed by atoms with van der Waals surface area (Å²) < 4.78 is 5.53. The summed E-state index contributed by atoms with van der Waals surface area (Å²) in [5.74, 6) is 0.543. The van der Waals surface area contributed by atoms with Crippen LogP contribution in [0.15, 0.2) is 48.7 Å². The topological polar surface area (TPSA) is 101 Å². The first-order chi connectivity index (χ1) is 15.6. The third-order valence-electron chi connectivity index (χ3n) is 5.03. The molecule has 0 saturated carbocycles. The number of aromatic nitrogens is 3. The molecule has 10 heteroatoms. The second-order valence-electron chi connectivity index (χ2n) is 7.37. The maximum Gasteiger partial charge on any atom is 0.286 e. The molecule has 4 rings (SSSR count). The van der Waals surface area contributed by atoms with Gasteiger partial charge in [-0.25, -0.2) is 4.98 Å². The summed E-state index contributed by atoms with van der Waals surface area (Å²) in [5, 5.41) is 11.5. The van der Waals surface area contributed by atoms with Crippen molar-refractivity contribution in [2.24, 2.45) is 0 Å². The molecule has 1 fully saturated rings. The van der Waals surface area contributed by atoms with Crippen molar-refractivity contribution in [2.45, 2.75) is 13.5 Å². The third kappa shape index (κ3) is 5.65. The molecule has 3 heterocycles. The zero-order chi connectivity index (χ0) is 22.3. The Morgan fingerprint density at radius 1 is 1.06 bits per heavy atom. The summed E-state index contributed by atoms with van der Waals surface area (Å²) >= 11 is 1.15. The van der Waals surface area contributed by atoms with E-state index in [1.807, 2.05) is 49.4 Å². The normalized spacial score (nSPS) is 13.8. The van der Waals surface area contributed by atoms with Crippen LogP contribution >= 0.6 is 11.3 Å². The summed E-state index contributed by atoms with van der Waals surface area (Å²) in [6.07, 6.45) is 1.77. The molecule has 1 saturated heterocycles. The van der Waals surface area contributed by atoms with E-state index in [-0.39, 0.29) is 30.0 Å². The molecule has 1 aromatic carbocycles. The molecule has 166 valence electrons. The molecule has 1 N–H and O–H groups in total. The van der Waals surface area contributed by atoms with Crippen molar-refractivity contribution in [3.05, 3.63) is 64.2 Å². The molecule has 0 bridgehead atoms. The van der Waals surface area contributed by atoms with Crippen LogP contribution in [-0.2, 0) is 16.1 Å². The largest absolute Gasteiger partial charge is 0.364 e. The van der Waals surface area contributed by atoms with E-state index in [4.69, 9.17) is 4.74 Å². The van der Waals surface area contributed by atoms with Gasteiger partial charge >= 0.3 is 0 Å². The Morgan fingerprint density at radius 2 is 1.84 bits per heavy atom. The van der Waals surface area contributed by atoms with Crippen molar-refractivity contribution in [1.29, 1.82) is 0 Å².